The molecule has 4 N–H and O–H groups in total. The van der Waals surface area contributed by atoms with E-state index < -0.39 is 11.9 Å². The number of ether oxygens (including phenoxy) is 2. The van der Waals surface area contributed by atoms with Crippen molar-refractivity contribution in [3.05, 3.63) is 23.3 Å². The smallest absolute Gasteiger partial charge is 0.308 e. The summed E-state index contributed by atoms with van der Waals surface area (Å²) in [5, 5.41) is 20.3. The van der Waals surface area contributed by atoms with Gasteiger partial charge in [-0.3, -0.25) is 14.5 Å². The first-order valence-corrected chi connectivity index (χ1v) is 13.3. The van der Waals surface area contributed by atoms with E-state index in [-0.39, 0.29) is 37.8 Å². The zero-order chi connectivity index (χ0) is 26.2. The molecule has 9 nitrogen and oxygen atoms in total. The molecule has 2 heterocycles. The summed E-state index contributed by atoms with van der Waals surface area (Å²) in [7, 11) is 0. The van der Waals surface area contributed by atoms with Gasteiger partial charge in [-0.2, -0.15) is 0 Å². The number of nitrogens with two attached hydrogens (primary N) is 1. The fourth-order valence-corrected chi connectivity index (χ4v) is 5.72. The number of benzene rings is 1. The maximum absolute atomic E-state index is 13.3. The van der Waals surface area contributed by atoms with Gasteiger partial charge in [-0.25, -0.2) is 0 Å². The summed E-state index contributed by atoms with van der Waals surface area (Å²) in [6.07, 6.45) is 4.62. The number of likely N-dealkylation sites (tertiary alicyclic amines) is 1. The molecular weight excluding hydrogens is 462 g/mol. The molecule has 0 aliphatic carbocycles. The molecule has 0 radical (unpaired) electrons. The molecule has 2 aliphatic heterocycles. The summed E-state index contributed by atoms with van der Waals surface area (Å²) in [6.45, 7) is 8.39. The number of unbranched alkanes of at least 4 members (excludes halogenated alkanes) is 1. The van der Waals surface area contributed by atoms with Crippen LogP contribution < -0.4 is 15.2 Å². The van der Waals surface area contributed by atoms with Gasteiger partial charge in [0.15, 0.2) is 11.5 Å². The van der Waals surface area contributed by atoms with Crippen molar-refractivity contribution in [2.45, 2.75) is 71.4 Å². The van der Waals surface area contributed by atoms with E-state index in [4.69, 9.17) is 15.2 Å². The van der Waals surface area contributed by atoms with Crippen molar-refractivity contribution >= 4 is 11.9 Å². The third-order valence-corrected chi connectivity index (χ3v) is 7.50. The second-order valence-electron chi connectivity index (χ2n) is 10.2. The first kappa shape index (κ1) is 28.2. The van der Waals surface area contributed by atoms with Crippen LogP contribution in [0.2, 0.25) is 0 Å². The molecule has 0 saturated carbocycles. The van der Waals surface area contributed by atoms with Crippen LogP contribution in [-0.4, -0.2) is 77.4 Å². The highest BCUT2D eigenvalue weighted by Crippen LogP contribution is 2.45. The number of aliphatic hydroxyl groups excluding tert-OH is 1. The van der Waals surface area contributed by atoms with Crippen molar-refractivity contribution in [2.24, 2.45) is 17.6 Å². The van der Waals surface area contributed by atoms with E-state index >= 15 is 0 Å². The SMILES string of the molecule is CCCCN(CCN)C(=O)CN1C[C@H](c2cc(CO)c3c(c2)OCO3)[C@@H](C(=O)O)[C@@H]1CC(C)CCC. The van der Waals surface area contributed by atoms with Crippen molar-refractivity contribution in [1.82, 2.24) is 9.80 Å². The summed E-state index contributed by atoms with van der Waals surface area (Å²) in [6, 6.07) is 3.39. The van der Waals surface area contributed by atoms with Crippen LogP contribution in [0.1, 0.15) is 69.9 Å². The summed E-state index contributed by atoms with van der Waals surface area (Å²) >= 11 is 0. The lowest BCUT2D eigenvalue weighted by molar-refractivity contribution is -0.144. The summed E-state index contributed by atoms with van der Waals surface area (Å²) < 4.78 is 11.1. The molecular formula is C27H43N3O6. The Morgan fingerprint density at radius 2 is 2.00 bits per heavy atom. The molecule has 2 aliphatic rings. The number of carboxylic acids is 1. The van der Waals surface area contributed by atoms with E-state index in [9.17, 15) is 19.8 Å². The number of carbonyl (C=O) groups is 2. The molecule has 36 heavy (non-hydrogen) atoms. The van der Waals surface area contributed by atoms with Crippen LogP contribution in [0.15, 0.2) is 12.1 Å². The minimum Gasteiger partial charge on any atom is -0.481 e. The molecule has 1 aromatic carbocycles. The number of hydrogen-bond acceptors (Lipinski definition) is 7. The second-order valence-corrected chi connectivity index (χ2v) is 10.2. The van der Waals surface area contributed by atoms with Gasteiger partial charge < -0.3 is 30.3 Å². The number of nitrogens with zero attached hydrogens (tertiary/aromatic N) is 2. The first-order chi connectivity index (χ1) is 17.3. The number of aliphatic carboxylic acids is 1. The first-order valence-electron chi connectivity index (χ1n) is 13.3. The van der Waals surface area contributed by atoms with Gasteiger partial charge in [0.25, 0.3) is 0 Å². The van der Waals surface area contributed by atoms with Crippen LogP contribution in [0.25, 0.3) is 0 Å². The van der Waals surface area contributed by atoms with E-state index in [1.807, 2.05) is 17.0 Å². The zero-order valence-electron chi connectivity index (χ0n) is 21.9. The van der Waals surface area contributed by atoms with E-state index in [0.29, 0.717) is 55.6 Å². The van der Waals surface area contributed by atoms with Crippen molar-refractivity contribution in [3.63, 3.8) is 0 Å². The Hall–Kier alpha value is -2.36. The Kier molecular flexibility index (Phi) is 10.4. The number of carboxylic acid groups (broad SMARTS) is 1. The average molecular weight is 506 g/mol. The van der Waals surface area contributed by atoms with Crippen molar-refractivity contribution in [2.75, 3.05) is 39.5 Å². The second kappa shape index (κ2) is 13.3. The summed E-state index contributed by atoms with van der Waals surface area (Å²) in [4.78, 5) is 29.9. The Labute approximate surface area is 214 Å². The molecule has 1 unspecified atom stereocenters. The minimum atomic E-state index is -0.864. The van der Waals surface area contributed by atoms with Gasteiger partial charge in [0.05, 0.1) is 19.1 Å². The third kappa shape index (κ3) is 6.49. The standard InChI is InChI=1S/C27H43N3O6/c1-4-6-9-29(10-8-28)24(32)15-30-14-21(25(27(33)34)22(30)11-18(3)7-5-2)19-12-20(16-31)26-23(13-19)35-17-36-26/h12-13,18,21-22,25,31H,4-11,14-17,28H2,1-3H3,(H,33,34)/t18?,21-,22+,25-/m1/s1. The predicted octanol–water partition coefficient (Wildman–Crippen LogP) is 2.79. The van der Waals surface area contributed by atoms with Crippen molar-refractivity contribution in [1.29, 1.82) is 0 Å². The number of amides is 1. The van der Waals surface area contributed by atoms with Crippen molar-refractivity contribution in [3.8, 4) is 11.5 Å². The third-order valence-electron chi connectivity index (χ3n) is 7.50. The van der Waals surface area contributed by atoms with Crippen LogP contribution in [0, 0.1) is 11.8 Å². The topological polar surface area (TPSA) is 126 Å². The number of aliphatic hydroxyl groups is 1. The molecule has 0 spiro atoms. The molecule has 0 bridgehead atoms. The van der Waals surface area contributed by atoms with Crippen LogP contribution in [0.3, 0.4) is 0 Å². The molecule has 1 aromatic rings. The normalized spacial score (nSPS) is 22.1. The Balaban J connectivity index is 1.93. The van der Waals surface area contributed by atoms with Crippen LogP contribution in [0.4, 0.5) is 0 Å². The van der Waals surface area contributed by atoms with Crippen molar-refractivity contribution < 1.29 is 29.3 Å². The molecule has 202 valence electrons. The molecule has 4 atom stereocenters. The lowest BCUT2D eigenvalue weighted by Crippen LogP contribution is -2.46. The number of carbonyl (C=O) groups excluding carboxylic acids is 1. The van der Waals surface area contributed by atoms with Crippen LogP contribution in [-0.2, 0) is 16.2 Å². The summed E-state index contributed by atoms with van der Waals surface area (Å²) in [5.74, 6) is -0.511. The molecule has 3 rings (SSSR count). The lowest BCUT2D eigenvalue weighted by atomic mass is 9.81. The maximum Gasteiger partial charge on any atom is 0.308 e. The van der Waals surface area contributed by atoms with E-state index in [0.717, 1.165) is 31.2 Å². The minimum absolute atomic E-state index is 0.00596. The molecule has 0 aromatic heterocycles. The molecule has 9 heteroatoms. The quantitative estimate of drug-likeness (QED) is 0.352. The lowest BCUT2D eigenvalue weighted by Gasteiger charge is -2.31. The fraction of sp³-hybridized carbons (Fsp3) is 0.704. The van der Waals surface area contributed by atoms with E-state index in [1.54, 1.807) is 0 Å². The van der Waals surface area contributed by atoms with Gasteiger partial charge in [-0.15, -0.1) is 0 Å². The monoisotopic (exact) mass is 505 g/mol. The Morgan fingerprint density at radius 3 is 2.64 bits per heavy atom. The number of fused-ring (bicyclic) bond motifs is 1. The highest BCUT2D eigenvalue weighted by molar-refractivity contribution is 5.79. The molecule has 1 fully saturated rings. The van der Waals surface area contributed by atoms with E-state index in [1.165, 1.54) is 0 Å². The predicted molar refractivity (Wildman–Crippen MR) is 137 cm³/mol. The van der Waals surface area contributed by atoms with Gasteiger partial charge in [-0.1, -0.05) is 40.0 Å². The van der Waals surface area contributed by atoms with Gasteiger partial charge in [0.2, 0.25) is 12.7 Å². The van der Waals surface area contributed by atoms with Gasteiger partial charge >= 0.3 is 5.97 Å². The van der Waals surface area contributed by atoms with Gasteiger partial charge in [0, 0.05) is 43.7 Å². The van der Waals surface area contributed by atoms with Crippen LogP contribution in [0.5, 0.6) is 11.5 Å². The zero-order valence-corrected chi connectivity index (χ0v) is 21.9. The van der Waals surface area contributed by atoms with Gasteiger partial charge in [0.1, 0.15) is 0 Å². The fourth-order valence-electron chi connectivity index (χ4n) is 5.72. The van der Waals surface area contributed by atoms with Crippen LogP contribution >= 0.6 is 0 Å². The average Bonchev–Trinajstić information content (AvgIpc) is 3.46. The summed E-state index contributed by atoms with van der Waals surface area (Å²) in [5.41, 5.74) is 7.16. The molecule has 1 saturated heterocycles. The maximum atomic E-state index is 13.3. The highest BCUT2D eigenvalue weighted by atomic mass is 16.7. The van der Waals surface area contributed by atoms with E-state index in [2.05, 4.69) is 25.7 Å². The molecule has 1 amide bonds. The van der Waals surface area contributed by atoms with Gasteiger partial charge in [-0.05, 0) is 36.5 Å². The largest absolute Gasteiger partial charge is 0.481 e. The number of rotatable bonds is 14. The highest BCUT2D eigenvalue weighted by Gasteiger charge is 2.48. The Bertz CT molecular complexity index is 895. The Morgan fingerprint density at radius 1 is 1.22 bits per heavy atom. The number of hydrogen-bond donors (Lipinski definition) is 3.